The smallest absolute Gasteiger partial charge is 0.224 e. The Balaban J connectivity index is 1.60. The fraction of sp³-hybridized carbons (Fsp3) is 0.500. The van der Waals surface area contributed by atoms with Crippen LogP contribution in [0.25, 0.3) is 10.9 Å². The predicted octanol–water partition coefficient (Wildman–Crippen LogP) is 3.80. The highest BCUT2D eigenvalue weighted by atomic mass is 16.1. The number of aromatic amines is 1. The van der Waals surface area contributed by atoms with E-state index in [4.69, 9.17) is 0 Å². The molecule has 3 rings (SSSR count). The normalized spacial score (nSPS) is 18.8. The maximum Gasteiger partial charge on any atom is 0.224 e. The molecule has 1 aromatic heterocycles. The molecular weight excluding hydrogens is 260 g/mol. The first kappa shape index (κ1) is 14.2. The molecule has 0 bridgehead atoms. The quantitative estimate of drug-likeness (QED) is 0.884. The average Bonchev–Trinajstić information content (AvgIpc) is 2.85. The number of hydrogen-bond donors (Lipinski definition) is 2. The Labute approximate surface area is 126 Å². The number of fused-ring (bicyclic) bond motifs is 1. The first-order chi connectivity index (χ1) is 10.0. The van der Waals surface area contributed by atoms with Gasteiger partial charge in [0.25, 0.3) is 0 Å². The number of nitrogens with one attached hydrogen (secondary N) is 2. The van der Waals surface area contributed by atoms with Crippen LogP contribution in [-0.4, -0.2) is 16.9 Å². The van der Waals surface area contributed by atoms with E-state index in [2.05, 4.69) is 30.2 Å². The topological polar surface area (TPSA) is 44.9 Å². The van der Waals surface area contributed by atoms with E-state index >= 15 is 0 Å². The largest absolute Gasteiger partial charge is 0.361 e. The molecular formula is C18H24N2O. The summed E-state index contributed by atoms with van der Waals surface area (Å²) in [6, 6.07) is 8.49. The van der Waals surface area contributed by atoms with Crippen LogP contribution in [-0.2, 0) is 11.2 Å². The Morgan fingerprint density at radius 1 is 1.29 bits per heavy atom. The van der Waals surface area contributed by atoms with Crippen molar-refractivity contribution in [2.24, 2.45) is 5.41 Å². The maximum atomic E-state index is 12.3. The number of benzene rings is 1. The molecule has 112 valence electrons. The summed E-state index contributed by atoms with van der Waals surface area (Å²) in [5.74, 6) is 0.143. The highest BCUT2D eigenvalue weighted by molar-refractivity contribution is 5.88. The molecule has 3 nitrogen and oxygen atoms in total. The van der Waals surface area contributed by atoms with Gasteiger partial charge >= 0.3 is 0 Å². The van der Waals surface area contributed by atoms with E-state index in [0.29, 0.717) is 17.9 Å². The van der Waals surface area contributed by atoms with Crippen molar-refractivity contribution in [1.29, 1.82) is 0 Å². The summed E-state index contributed by atoms with van der Waals surface area (Å²) in [5, 5.41) is 4.36. The molecule has 0 aliphatic heterocycles. The second-order valence-electron chi connectivity index (χ2n) is 7.04. The van der Waals surface area contributed by atoms with Crippen molar-refractivity contribution >= 4 is 16.8 Å². The Morgan fingerprint density at radius 3 is 2.76 bits per heavy atom. The molecule has 0 radical (unpaired) electrons. The van der Waals surface area contributed by atoms with Gasteiger partial charge in [-0.3, -0.25) is 4.79 Å². The third-order valence-corrected chi connectivity index (χ3v) is 4.73. The summed E-state index contributed by atoms with van der Waals surface area (Å²) < 4.78 is 0. The lowest BCUT2D eigenvalue weighted by atomic mass is 9.75. The molecule has 1 saturated carbocycles. The zero-order valence-corrected chi connectivity index (χ0v) is 12.9. The van der Waals surface area contributed by atoms with Gasteiger partial charge < -0.3 is 10.3 Å². The minimum atomic E-state index is 0.143. The van der Waals surface area contributed by atoms with E-state index in [1.54, 1.807) is 0 Å². The molecule has 1 fully saturated rings. The van der Waals surface area contributed by atoms with Gasteiger partial charge in [-0.25, -0.2) is 0 Å². The predicted molar refractivity (Wildman–Crippen MR) is 86.2 cm³/mol. The summed E-state index contributed by atoms with van der Waals surface area (Å²) in [4.78, 5) is 15.5. The van der Waals surface area contributed by atoms with Crippen LogP contribution in [0.2, 0.25) is 0 Å². The first-order valence-corrected chi connectivity index (χ1v) is 7.88. The van der Waals surface area contributed by atoms with E-state index in [1.807, 2.05) is 24.4 Å². The lowest BCUT2D eigenvalue weighted by Gasteiger charge is -2.34. The molecule has 21 heavy (non-hydrogen) atoms. The number of amides is 1. The number of aromatic nitrogens is 1. The summed E-state index contributed by atoms with van der Waals surface area (Å²) >= 11 is 0. The van der Waals surface area contributed by atoms with Crippen LogP contribution in [0.5, 0.6) is 0 Å². The summed E-state index contributed by atoms with van der Waals surface area (Å²) in [6.45, 7) is 4.63. The van der Waals surface area contributed by atoms with Gasteiger partial charge in [0.05, 0.1) is 6.42 Å². The SMILES string of the molecule is CC1(C)CCC(NC(=O)Cc2c[nH]c3ccccc23)CC1. The molecule has 0 spiro atoms. The Hall–Kier alpha value is -1.77. The molecule has 1 aliphatic carbocycles. The molecule has 0 saturated heterocycles. The number of hydrogen-bond acceptors (Lipinski definition) is 1. The average molecular weight is 284 g/mol. The zero-order chi connectivity index (χ0) is 14.9. The van der Waals surface area contributed by atoms with Crippen molar-refractivity contribution in [1.82, 2.24) is 10.3 Å². The van der Waals surface area contributed by atoms with Gasteiger partial charge in [0.15, 0.2) is 0 Å². The number of H-pyrrole nitrogens is 1. The van der Waals surface area contributed by atoms with Crippen LogP contribution in [0.15, 0.2) is 30.5 Å². The Bertz CT molecular complexity index is 631. The first-order valence-electron chi connectivity index (χ1n) is 7.88. The minimum absolute atomic E-state index is 0.143. The zero-order valence-electron chi connectivity index (χ0n) is 12.9. The molecule has 1 amide bonds. The van der Waals surface area contributed by atoms with Crippen LogP contribution < -0.4 is 5.32 Å². The molecule has 2 aromatic rings. The number of carbonyl (C=O) groups excluding carboxylic acids is 1. The van der Waals surface area contributed by atoms with Crippen molar-refractivity contribution in [3.05, 3.63) is 36.0 Å². The maximum absolute atomic E-state index is 12.3. The number of rotatable bonds is 3. The van der Waals surface area contributed by atoms with Crippen LogP contribution in [0.1, 0.15) is 45.1 Å². The van der Waals surface area contributed by atoms with E-state index in [9.17, 15) is 4.79 Å². The molecule has 3 heteroatoms. The van der Waals surface area contributed by atoms with Gasteiger partial charge in [0.1, 0.15) is 0 Å². The molecule has 1 heterocycles. The standard InChI is InChI=1S/C18H24N2O/c1-18(2)9-7-14(8-10-18)20-17(21)11-13-12-19-16-6-4-3-5-15(13)16/h3-6,12,14,19H,7-11H2,1-2H3,(H,20,21). The van der Waals surface area contributed by atoms with E-state index in [0.717, 1.165) is 29.3 Å². The van der Waals surface area contributed by atoms with Crippen molar-refractivity contribution < 1.29 is 4.79 Å². The van der Waals surface area contributed by atoms with E-state index < -0.39 is 0 Å². The molecule has 1 aromatic carbocycles. The van der Waals surface area contributed by atoms with E-state index in [-0.39, 0.29) is 5.91 Å². The van der Waals surface area contributed by atoms with Gasteiger partial charge in [-0.2, -0.15) is 0 Å². The van der Waals surface area contributed by atoms with Gasteiger partial charge in [0.2, 0.25) is 5.91 Å². The number of carbonyl (C=O) groups is 1. The number of para-hydroxylation sites is 1. The van der Waals surface area contributed by atoms with Crippen molar-refractivity contribution in [2.45, 2.75) is 52.0 Å². The van der Waals surface area contributed by atoms with Crippen molar-refractivity contribution in [3.63, 3.8) is 0 Å². The van der Waals surface area contributed by atoms with Gasteiger partial charge in [-0.05, 0) is 42.7 Å². The fourth-order valence-corrected chi connectivity index (χ4v) is 3.27. The lowest BCUT2D eigenvalue weighted by molar-refractivity contribution is -0.121. The summed E-state index contributed by atoms with van der Waals surface area (Å²) in [6.07, 6.45) is 7.02. The Kier molecular flexibility index (Phi) is 3.75. The second-order valence-corrected chi connectivity index (χ2v) is 7.04. The third kappa shape index (κ3) is 3.29. The van der Waals surface area contributed by atoms with Crippen LogP contribution in [0, 0.1) is 5.41 Å². The van der Waals surface area contributed by atoms with Crippen molar-refractivity contribution in [2.75, 3.05) is 0 Å². The lowest BCUT2D eigenvalue weighted by Crippen LogP contribution is -2.39. The summed E-state index contributed by atoms with van der Waals surface area (Å²) in [5.41, 5.74) is 2.62. The van der Waals surface area contributed by atoms with Gasteiger partial charge in [0, 0.05) is 23.1 Å². The third-order valence-electron chi connectivity index (χ3n) is 4.73. The molecule has 2 N–H and O–H groups in total. The molecule has 0 atom stereocenters. The molecule has 0 unspecified atom stereocenters. The van der Waals surface area contributed by atoms with Crippen molar-refractivity contribution in [3.8, 4) is 0 Å². The minimum Gasteiger partial charge on any atom is -0.361 e. The highest BCUT2D eigenvalue weighted by Gasteiger charge is 2.27. The highest BCUT2D eigenvalue weighted by Crippen LogP contribution is 2.35. The fourth-order valence-electron chi connectivity index (χ4n) is 3.27. The monoisotopic (exact) mass is 284 g/mol. The Morgan fingerprint density at radius 2 is 2.00 bits per heavy atom. The van der Waals surface area contributed by atoms with E-state index in [1.165, 1.54) is 12.8 Å². The second kappa shape index (κ2) is 5.55. The van der Waals surface area contributed by atoms with Gasteiger partial charge in [-0.15, -0.1) is 0 Å². The van der Waals surface area contributed by atoms with Crippen LogP contribution in [0.4, 0.5) is 0 Å². The molecule has 1 aliphatic rings. The summed E-state index contributed by atoms with van der Waals surface area (Å²) in [7, 11) is 0. The van der Waals surface area contributed by atoms with Crippen LogP contribution in [0.3, 0.4) is 0 Å². The van der Waals surface area contributed by atoms with Gasteiger partial charge in [-0.1, -0.05) is 32.0 Å². The van der Waals surface area contributed by atoms with Crippen LogP contribution >= 0.6 is 0 Å².